The quantitative estimate of drug-likeness (QED) is 0.692. The second-order valence-electron chi connectivity index (χ2n) is 5.52. The second kappa shape index (κ2) is 9.62. The highest BCUT2D eigenvalue weighted by Gasteiger charge is 2.15. The van der Waals surface area contributed by atoms with Crippen LogP contribution in [0.2, 0.25) is 0 Å². The fourth-order valence-corrected chi connectivity index (χ4v) is 2.41. The first kappa shape index (κ1) is 17.9. The van der Waals surface area contributed by atoms with Crippen LogP contribution in [-0.2, 0) is 0 Å². The van der Waals surface area contributed by atoms with Gasteiger partial charge in [0.2, 0.25) is 0 Å². The SMILES string of the molecule is CCCCCN(CCO)C(=O)c1cccc(Nc2cnccn2)c1. The van der Waals surface area contributed by atoms with Crippen LogP contribution in [0.15, 0.2) is 42.9 Å². The minimum Gasteiger partial charge on any atom is -0.395 e. The molecule has 2 rings (SSSR count). The smallest absolute Gasteiger partial charge is 0.254 e. The van der Waals surface area contributed by atoms with Gasteiger partial charge < -0.3 is 15.3 Å². The van der Waals surface area contributed by atoms with E-state index in [2.05, 4.69) is 22.2 Å². The number of hydrogen-bond donors (Lipinski definition) is 2. The molecule has 128 valence electrons. The molecule has 0 saturated carbocycles. The first-order valence-electron chi connectivity index (χ1n) is 8.28. The number of carbonyl (C=O) groups is 1. The highest BCUT2D eigenvalue weighted by Crippen LogP contribution is 2.17. The molecule has 0 atom stereocenters. The average molecular weight is 328 g/mol. The highest BCUT2D eigenvalue weighted by molar-refractivity contribution is 5.95. The molecule has 0 radical (unpaired) electrons. The van der Waals surface area contributed by atoms with Crippen molar-refractivity contribution in [3.05, 3.63) is 48.4 Å². The molecular formula is C18H24N4O2. The number of carbonyl (C=O) groups excluding carboxylic acids is 1. The van der Waals surface area contributed by atoms with Crippen molar-refractivity contribution in [3.8, 4) is 0 Å². The molecule has 1 amide bonds. The zero-order valence-electron chi connectivity index (χ0n) is 14.0. The lowest BCUT2D eigenvalue weighted by molar-refractivity contribution is 0.0718. The van der Waals surface area contributed by atoms with E-state index < -0.39 is 0 Å². The molecule has 2 N–H and O–H groups in total. The molecule has 0 aliphatic carbocycles. The molecule has 24 heavy (non-hydrogen) atoms. The number of benzene rings is 1. The van der Waals surface area contributed by atoms with Gasteiger partial charge >= 0.3 is 0 Å². The molecule has 0 saturated heterocycles. The maximum absolute atomic E-state index is 12.7. The molecule has 0 aliphatic heterocycles. The standard InChI is InChI=1S/C18H24N4O2/c1-2-3-4-10-22(11-12-23)18(24)15-6-5-7-16(13-15)21-17-14-19-8-9-20-17/h5-9,13-14,23H,2-4,10-12H2,1H3,(H,20,21). The highest BCUT2D eigenvalue weighted by atomic mass is 16.3. The number of anilines is 2. The third-order valence-corrected chi connectivity index (χ3v) is 3.63. The summed E-state index contributed by atoms with van der Waals surface area (Å²) in [5, 5.41) is 12.3. The van der Waals surface area contributed by atoms with Crippen molar-refractivity contribution in [2.75, 3.05) is 25.0 Å². The minimum absolute atomic E-state index is 0.0323. The number of amides is 1. The van der Waals surface area contributed by atoms with E-state index in [-0.39, 0.29) is 12.5 Å². The van der Waals surface area contributed by atoms with Gasteiger partial charge in [-0.15, -0.1) is 0 Å². The predicted molar refractivity (Wildman–Crippen MR) is 94.3 cm³/mol. The third kappa shape index (κ3) is 5.31. The van der Waals surface area contributed by atoms with E-state index in [9.17, 15) is 9.90 Å². The molecule has 1 aromatic carbocycles. The van der Waals surface area contributed by atoms with Gasteiger partial charge in [-0.3, -0.25) is 9.78 Å². The molecule has 0 spiro atoms. The lowest BCUT2D eigenvalue weighted by Gasteiger charge is -2.22. The molecule has 0 fully saturated rings. The zero-order valence-corrected chi connectivity index (χ0v) is 14.0. The van der Waals surface area contributed by atoms with E-state index in [4.69, 9.17) is 0 Å². The number of hydrogen-bond acceptors (Lipinski definition) is 5. The van der Waals surface area contributed by atoms with E-state index in [1.807, 2.05) is 12.1 Å². The second-order valence-corrected chi connectivity index (χ2v) is 5.52. The van der Waals surface area contributed by atoms with Crippen molar-refractivity contribution in [2.24, 2.45) is 0 Å². The summed E-state index contributed by atoms with van der Waals surface area (Å²) in [5.74, 6) is 0.556. The first-order chi connectivity index (χ1) is 11.7. The number of rotatable bonds is 9. The van der Waals surface area contributed by atoms with Gasteiger partial charge in [0.25, 0.3) is 5.91 Å². The number of nitrogens with zero attached hydrogens (tertiary/aromatic N) is 3. The molecule has 0 unspecified atom stereocenters. The Hall–Kier alpha value is -2.47. The summed E-state index contributed by atoms with van der Waals surface area (Å²) in [6.07, 6.45) is 7.95. The molecule has 2 aromatic rings. The maximum Gasteiger partial charge on any atom is 0.254 e. The number of aliphatic hydroxyl groups excluding tert-OH is 1. The lowest BCUT2D eigenvalue weighted by atomic mass is 10.1. The van der Waals surface area contributed by atoms with Crippen LogP contribution in [-0.4, -0.2) is 45.6 Å². The topological polar surface area (TPSA) is 78.4 Å². The summed E-state index contributed by atoms with van der Waals surface area (Å²) in [5.41, 5.74) is 1.37. The number of nitrogens with one attached hydrogen (secondary N) is 1. The van der Waals surface area contributed by atoms with Crippen LogP contribution in [0.25, 0.3) is 0 Å². The summed E-state index contributed by atoms with van der Waals surface area (Å²) in [4.78, 5) is 22.6. The summed E-state index contributed by atoms with van der Waals surface area (Å²) in [7, 11) is 0. The van der Waals surface area contributed by atoms with Gasteiger partial charge in [-0.1, -0.05) is 25.8 Å². The van der Waals surface area contributed by atoms with Crippen molar-refractivity contribution in [3.63, 3.8) is 0 Å². The van der Waals surface area contributed by atoms with Crippen molar-refractivity contribution in [1.29, 1.82) is 0 Å². The molecular weight excluding hydrogens is 304 g/mol. The zero-order chi connectivity index (χ0) is 17.2. The van der Waals surface area contributed by atoms with Gasteiger partial charge in [0, 0.05) is 36.7 Å². The monoisotopic (exact) mass is 328 g/mol. The van der Waals surface area contributed by atoms with E-state index in [1.54, 1.807) is 35.6 Å². The summed E-state index contributed by atoms with van der Waals surface area (Å²) in [6, 6.07) is 7.28. The number of aliphatic hydroxyl groups is 1. The normalized spacial score (nSPS) is 10.4. The molecule has 6 heteroatoms. The first-order valence-corrected chi connectivity index (χ1v) is 8.28. The van der Waals surface area contributed by atoms with Gasteiger partial charge in [-0.05, 0) is 24.6 Å². The summed E-state index contributed by atoms with van der Waals surface area (Å²) in [6.45, 7) is 3.11. The van der Waals surface area contributed by atoms with Crippen LogP contribution in [0.1, 0.15) is 36.5 Å². The third-order valence-electron chi connectivity index (χ3n) is 3.63. The van der Waals surface area contributed by atoms with Crippen molar-refractivity contribution in [1.82, 2.24) is 14.9 Å². The van der Waals surface area contributed by atoms with E-state index >= 15 is 0 Å². The largest absolute Gasteiger partial charge is 0.395 e. The van der Waals surface area contributed by atoms with Gasteiger partial charge in [0.05, 0.1) is 12.8 Å². The molecule has 0 bridgehead atoms. The van der Waals surface area contributed by atoms with E-state index in [0.29, 0.717) is 24.5 Å². The van der Waals surface area contributed by atoms with E-state index in [1.165, 1.54) is 0 Å². The Labute approximate surface area is 142 Å². The number of unbranched alkanes of at least 4 members (excludes halogenated alkanes) is 2. The van der Waals surface area contributed by atoms with E-state index in [0.717, 1.165) is 24.9 Å². The Morgan fingerprint density at radius 1 is 1.25 bits per heavy atom. The lowest BCUT2D eigenvalue weighted by Crippen LogP contribution is -2.34. The Balaban J connectivity index is 2.08. The van der Waals surface area contributed by atoms with Crippen LogP contribution < -0.4 is 5.32 Å². The fraction of sp³-hybridized carbons (Fsp3) is 0.389. The van der Waals surface area contributed by atoms with Crippen LogP contribution in [0.4, 0.5) is 11.5 Å². The van der Waals surface area contributed by atoms with Crippen molar-refractivity contribution in [2.45, 2.75) is 26.2 Å². The minimum atomic E-state index is -0.0667. The Kier molecular flexibility index (Phi) is 7.17. The molecule has 0 aliphatic rings. The van der Waals surface area contributed by atoms with Gasteiger partial charge in [0.15, 0.2) is 0 Å². The summed E-state index contributed by atoms with van der Waals surface area (Å²) < 4.78 is 0. The van der Waals surface area contributed by atoms with Crippen molar-refractivity contribution >= 4 is 17.4 Å². The van der Waals surface area contributed by atoms with Crippen molar-refractivity contribution < 1.29 is 9.90 Å². The molecule has 1 aromatic heterocycles. The predicted octanol–water partition coefficient (Wildman–Crippen LogP) is 2.84. The van der Waals surface area contributed by atoms with Crippen LogP contribution in [0, 0.1) is 0 Å². The average Bonchev–Trinajstić information content (AvgIpc) is 2.62. The summed E-state index contributed by atoms with van der Waals surface area (Å²) >= 11 is 0. The molecule has 6 nitrogen and oxygen atoms in total. The Morgan fingerprint density at radius 3 is 2.83 bits per heavy atom. The number of aromatic nitrogens is 2. The molecule has 1 heterocycles. The Bertz CT molecular complexity index is 634. The van der Waals surface area contributed by atoms with Crippen LogP contribution in [0.3, 0.4) is 0 Å². The van der Waals surface area contributed by atoms with Gasteiger partial charge in [-0.2, -0.15) is 0 Å². The van der Waals surface area contributed by atoms with Crippen LogP contribution in [0.5, 0.6) is 0 Å². The van der Waals surface area contributed by atoms with Gasteiger partial charge in [0.1, 0.15) is 5.82 Å². The Morgan fingerprint density at radius 2 is 2.12 bits per heavy atom. The fourth-order valence-electron chi connectivity index (χ4n) is 2.41. The van der Waals surface area contributed by atoms with Gasteiger partial charge in [-0.25, -0.2) is 4.98 Å². The van der Waals surface area contributed by atoms with Crippen LogP contribution >= 0.6 is 0 Å². The maximum atomic E-state index is 12.7.